The van der Waals surface area contributed by atoms with Gasteiger partial charge in [-0.3, -0.25) is 4.79 Å². The Morgan fingerprint density at radius 2 is 1.80 bits per heavy atom. The first-order chi connectivity index (χ1) is 11.7. The lowest BCUT2D eigenvalue weighted by atomic mass is 9.86. The van der Waals surface area contributed by atoms with Gasteiger partial charge in [0.25, 0.3) is 0 Å². The molecular weight excluding hydrogens is 344 g/mol. The first-order valence-corrected chi connectivity index (χ1v) is 8.65. The van der Waals surface area contributed by atoms with Crippen molar-refractivity contribution in [3.8, 4) is 0 Å². The first-order valence-electron chi connectivity index (χ1n) is 8.11. The summed E-state index contributed by atoms with van der Waals surface area (Å²) in [6, 6.07) is 8.10. The number of aliphatic hydroxyl groups is 1. The number of hydrogen-bond donors (Lipinski definition) is 3. The molecule has 0 aliphatic rings. The summed E-state index contributed by atoms with van der Waals surface area (Å²) in [6.45, 7) is 5.49. The molecule has 0 radical (unpaired) electrons. The second kappa shape index (κ2) is 9.63. The fraction of sp³-hybridized carbons (Fsp3) is 0.556. The van der Waals surface area contributed by atoms with Gasteiger partial charge in [-0.2, -0.15) is 0 Å². The molecule has 7 heteroatoms. The molecule has 1 aromatic carbocycles. The maximum absolute atomic E-state index is 12.7. The number of halogens is 1. The molecule has 0 fully saturated rings. The van der Waals surface area contributed by atoms with Gasteiger partial charge in [-0.05, 0) is 17.4 Å². The highest BCUT2D eigenvalue weighted by Gasteiger charge is 2.35. The first kappa shape index (κ1) is 21.3. The highest BCUT2D eigenvalue weighted by atomic mass is 35.5. The maximum Gasteiger partial charge on any atom is 0.407 e. The predicted molar refractivity (Wildman–Crippen MR) is 97.6 cm³/mol. The zero-order valence-electron chi connectivity index (χ0n) is 15.1. The van der Waals surface area contributed by atoms with E-state index in [1.54, 1.807) is 0 Å². The van der Waals surface area contributed by atoms with E-state index in [4.69, 9.17) is 11.6 Å². The Balaban J connectivity index is 2.92. The SMILES string of the molecule is COC(=O)N[C@@H](C(=O)N[C@H](Cc1ccccc1)[C@H](O)CCl)C(C)(C)C. The monoisotopic (exact) mass is 370 g/mol. The fourth-order valence-electron chi connectivity index (χ4n) is 2.38. The van der Waals surface area contributed by atoms with Gasteiger partial charge in [0.2, 0.25) is 5.91 Å². The van der Waals surface area contributed by atoms with Crippen molar-refractivity contribution in [2.24, 2.45) is 5.41 Å². The Morgan fingerprint density at radius 1 is 1.20 bits per heavy atom. The summed E-state index contributed by atoms with van der Waals surface area (Å²) in [5, 5.41) is 15.5. The second-order valence-corrected chi connectivity index (χ2v) is 7.27. The standard InChI is InChI=1S/C18H27ClN2O4/c1-18(2,3)15(21-17(24)25-4)16(23)20-13(14(22)11-19)10-12-8-6-5-7-9-12/h5-9,13-15,22H,10-11H2,1-4H3,(H,20,23)(H,21,24)/t13-,14-,15+/m1/s1. The molecule has 0 saturated carbocycles. The van der Waals surface area contributed by atoms with Crippen LogP contribution in [0.1, 0.15) is 26.3 Å². The molecule has 3 N–H and O–H groups in total. The zero-order chi connectivity index (χ0) is 19.0. The van der Waals surface area contributed by atoms with Crippen molar-refractivity contribution >= 4 is 23.6 Å². The number of carbonyl (C=O) groups excluding carboxylic acids is 2. The van der Waals surface area contributed by atoms with Crippen LogP contribution in [0, 0.1) is 5.41 Å². The van der Waals surface area contributed by atoms with E-state index in [1.165, 1.54) is 7.11 Å². The van der Waals surface area contributed by atoms with E-state index in [2.05, 4.69) is 15.4 Å². The smallest absolute Gasteiger partial charge is 0.407 e. The Morgan fingerprint density at radius 3 is 2.28 bits per heavy atom. The van der Waals surface area contributed by atoms with Crippen LogP contribution < -0.4 is 10.6 Å². The minimum absolute atomic E-state index is 0.0115. The van der Waals surface area contributed by atoms with Crippen LogP contribution in [0.15, 0.2) is 30.3 Å². The van der Waals surface area contributed by atoms with Gasteiger partial charge < -0.3 is 20.5 Å². The minimum Gasteiger partial charge on any atom is -0.453 e. The number of alkyl carbamates (subject to hydrolysis) is 1. The quantitative estimate of drug-likeness (QED) is 0.641. The summed E-state index contributed by atoms with van der Waals surface area (Å²) >= 11 is 5.78. The summed E-state index contributed by atoms with van der Waals surface area (Å²) in [5.74, 6) is -0.412. The van der Waals surface area contributed by atoms with Crippen molar-refractivity contribution in [3.63, 3.8) is 0 Å². The molecule has 0 spiro atoms. The molecule has 0 aromatic heterocycles. The Labute approximate surface area is 153 Å². The fourth-order valence-corrected chi connectivity index (χ4v) is 2.59. The van der Waals surface area contributed by atoms with Crippen LogP contribution in [-0.4, -0.2) is 48.3 Å². The highest BCUT2D eigenvalue weighted by molar-refractivity contribution is 6.18. The maximum atomic E-state index is 12.7. The number of nitrogens with one attached hydrogen (secondary N) is 2. The summed E-state index contributed by atoms with van der Waals surface area (Å²) in [4.78, 5) is 24.3. The van der Waals surface area contributed by atoms with E-state index in [9.17, 15) is 14.7 Å². The minimum atomic E-state index is -0.912. The number of ether oxygens (including phenoxy) is 1. The van der Waals surface area contributed by atoms with E-state index in [1.807, 2.05) is 51.1 Å². The number of rotatable bonds is 7. The van der Waals surface area contributed by atoms with Gasteiger partial charge in [-0.15, -0.1) is 11.6 Å². The molecule has 140 valence electrons. The number of benzene rings is 1. The molecular formula is C18H27ClN2O4. The molecule has 6 nitrogen and oxygen atoms in total. The molecule has 0 aliphatic heterocycles. The van der Waals surface area contributed by atoms with Gasteiger partial charge in [0.05, 0.1) is 25.1 Å². The summed E-state index contributed by atoms with van der Waals surface area (Å²) in [7, 11) is 1.24. The number of methoxy groups -OCH3 is 1. The van der Waals surface area contributed by atoms with Gasteiger partial charge in [0.15, 0.2) is 0 Å². The number of hydrogen-bond acceptors (Lipinski definition) is 4. The lowest BCUT2D eigenvalue weighted by molar-refractivity contribution is -0.127. The van der Waals surface area contributed by atoms with Crippen molar-refractivity contribution in [1.82, 2.24) is 10.6 Å². The van der Waals surface area contributed by atoms with Crippen molar-refractivity contribution in [2.75, 3.05) is 13.0 Å². The van der Waals surface area contributed by atoms with Crippen LogP contribution in [-0.2, 0) is 16.0 Å². The van der Waals surface area contributed by atoms with Crippen molar-refractivity contribution < 1.29 is 19.4 Å². The zero-order valence-corrected chi connectivity index (χ0v) is 15.8. The number of amides is 2. The van der Waals surface area contributed by atoms with Crippen LogP contribution in [0.2, 0.25) is 0 Å². The van der Waals surface area contributed by atoms with Gasteiger partial charge in [0.1, 0.15) is 6.04 Å². The number of carbonyl (C=O) groups is 2. The molecule has 0 heterocycles. The molecule has 1 rings (SSSR count). The topological polar surface area (TPSA) is 87.7 Å². The van der Waals surface area contributed by atoms with Gasteiger partial charge in [0, 0.05) is 0 Å². The molecule has 0 saturated heterocycles. The summed E-state index contributed by atoms with van der Waals surface area (Å²) < 4.78 is 4.59. The van der Waals surface area contributed by atoms with E-state index in [-0.39, 0.29) is 5.88 Å². The lowest BCUT2D eigenvalue weighted by Gasteiger charge is -2.32. The summed E-state index contributed by atoms with van der Waals surface area (Å²) in [6.07, 6.45) is -1.17. The van der Waals surface area contributed by atoms with Crippen molar-refractivity contribution in [3.05, 3.63) is 35.9 Å². The molecule has 3 atom stereocenters. The van der Waals surface area contributed by atoms with E-state index in [0.717, 1.165) is 5.56 Å². The molecule has 25 heavy (non-hydrogen) atoms. The van der Waals surface area contributed by atoms with Crippen LogP contribution in [0.4, 0.5) is 4.79 Å². The van der Waals surface area contributed by atoms with Crippen molar-refractivity contribution in [1.29, 1.82) is 0 Å². The average Bonchev–Trinajstić information content (AvgIpc) is 2.57. The van der Waals surface area contributed by atoms with E-state index < -0.39 is 35.6 Å². The third kappa shape index (κ3) is 6.92. The number of aliphatic hydroxyl groups excluding tert-OH is 1. The molecule has 0 aliphatic carbocycles. The third-order valence-electron chi connectivity index (χ3n) is 3.82. The van der Waals surface area contributed by atoms with E-state index in [0.29, 0.717) is 6.42 Å². The average molecular weight is 371 g/mol. The molecule has 0 unspecified atom stereocenters. The predicted octanol–water partition coefficient (Wildman–Crippen LogP) is 2.08. The van der Waals surface area contributed by atoms with Gasteiger partial charge >= 0.3 is 6.09 Å². The normalized spacial score (nSPS) is 15.0. The lowest BCUT2D eigenvalue weighted by Crippen LogP contribution is -2.57. The van der Waals surface area contributed by atoms with Crippen LogP contribution >= 0.6 is 11.6 Å². The van der Waals surface area contributed by atoms with Gasteiger partial charge in [-0.25, -0.2) is 4.79 Å². The largest absolute Gasteiger partial charge is 0.453 e. The summed E-state index contributed by atoms with van der Waals surface area (Å²) in [5.41, 5.74) is 0.423. The van der Waals surface area contributed by atoms with Gasteiger partial charge in [-0.1, -0.05) is 51.1 Å². The molecule has 2 amide bonds. The molecule has 0 bridgehead atoms. The molecule has 1 aromatic rings. The van der Waals surface area contributed by atoms with Crippen LogP contribution in [0.5, 0.6) is 0 Å². The highest BCUT2D eigenvalue weighted by Crippen LogP contribution is 2.20. The second-order valence-electron chi connectivity index (χ2n) is 6.96. The Hall–Kier alpha value is -1.79. The Kier molecular flexibility index (Phi) is 8.19. The third-order valence-corrected chi connectivity index (χ3v) is 4.14. The number of alkyl halides is 1. The van der Waals surface area contributed by atoms with E-state index >= 15 is 0 Å². The van der Waals surface area contributed by atoms with Crippen LogP contribution in [0.25, 0.3) is 0 Å². The van der Waals surface area contributed by atoms with Crippen molar-refractivity contribution in [2.45, 2.75) is 45.4 Å². The van der Waals surface area contributed by atoms with Crippen LogP contribution in [0.3, 0.4) is 0 Å². The Bertz CT molecular complexity index is 560.